The van der Waals surface area contributed by atoms with Crippen molar-refractivity contribution in [2.45, 2.75) is 26.8 Å². The van der Waals surface area contributed by atoms with Crippen molar-refractivity contribution in [2.75, 3.05) is 19.4 Å². The number of ether oxygens (including phenoxy) is 1. The number of rotatable bonds is 4. The van der Waals surface area contributed by atoms with Crippen molar-refractivity contribution in [3.05, 3.63) is 23.8 Å². The maximum atomic E-state index is 11.7. The van der Waals surface area contributed by atoms with E-state index in [2.05, 4.69) is 0 Å². The minimum absolute atomic E-state index is 0.0158. The lowest BCUT2D eigenvalue weighted by atomic mass is 10.2. The van der Waals surface area contributed by atoms with E-state index in [0.29, 0.717) is 11.4 Å². The van der Waals surface area contributed by atoms with E-state index in [9.17, 15) is 4.79 Å². The lowest BCUT2D eigenvalue weighted by molar-refractivity contribution is -0.133. The number of likely N-dealkylation sites (N-methyl/N-ethyl adjacent to an activating group) is 1. The fourth-order valence-corrected chi connectivity index (χ4v) is 1.33. The number of carbonyl (C=O) groups excluding carboxylic acids is 1. The van der Waals surface area contributed by atoms with Crippen molar-refractivity contribution >= 4 is 11.6 Å². The second-order valence-electron chi connectivity index (χ2n) is 4.43. The molecule has 0 saturated carbocycles. The molecule has 1 amide bonds. The Morgan fingerprint density at radius 1 is 1.47 bits per heavy atom. The van der Waals surface area contributed by atoms with Gasteiger partial charge in [0.15, 0.2) is 6.61 Å². The Morgan fingerprint density at radius 2 is 2.12 bits per heavy atom. The van der Waals surface area contributed by atoms with Gasteiger partial charge in [-0.15, -0.1) is 0 Å². The predicted molar refractivity (Wildman–Crippen MR) is 69.0 cm³/mol. The van der Waals surface area contributed by atoms with Crippen molar-refractivity contribution in [3.8, 4) is 5.75 Å². The number of carbonyl (C=O) groups is 1. The third kappa shape index (κ3) is 3.66. The van der Waals surface area contributed by atoms with Crippen molar-refractivity contribution in [3.63, 3.8) is 0 Å². The fraction of sp³-hybridized carbons (Fsp3) is 0.462. The number of anilines is 1. The molecule has 0 atom stereocenters. The zero-order chi connectivity index (χ0) is 13.0. The van der Waals surface area contributed by atoms with Crippen LogP contribution in [-0.2, 0) is 4.79 Å². The van der Waals surface area contributed by atoms with Gasteiger partial charge in [0, 0.05) is 13.1 Å². The van der Waals surface area contributed by atoms with Crippen LogP contribution in [0.4, 0.5) is 5.69 Å². The molecule has 0 spiro atoms. The first kappa shape index (κ1) is 13.4. The molecular weight excluding hydrogens is 216 g/mol. The molecule has 0 aliphatic rings. The highest BCUT2D eigenvalue weighted by Crippen LogP contribution is 2.22. The van der Waals surface area contributed by atoms with Gasteiger partial charge in [-0.2, -0.15) is 0 Å². The second-order valence-corrected chi connectivity index (χ2v) is 4.43. The van der Waals surface area contributed by atoms with Crippen molar-refractivity contribution < 1.29 is 9.53 Å². The normalized spacial score (nSPS) is 10.4. The fourth-order valence-electron chi connectivity index (χ4n) is 1.33. The van der Waals surface area contributed by atoms with Crippen LogP contribution in [-0.4, -0.2) is 30.5 Å². The quantitative estimate of drug-likeness (QED) is 0.811. The number of amides is 1. The highest BCUT2D eigenvalue weighted by atomic mass is 16.5. The minimum atomic E-state index is -0.0556. The summed E-state index contributed by atoms with van der Waals surface area (Å²) in [7, 11) is 1.76. The van der Waals surface area contributed by atoms with E-state index in [0.717, 1.165) is 5.56 Å². The minimum Gasteiger partial charge on any atom is -0.482 e. The molecular formula is C13H20N2O2. The van der Waals surface area contributed by atoms with E-state index in [1.165, 1.54) is 0 Å². The Bertz CT molecular complexity index is 402. The molecule has 0 bridgehead atoms. The summed E-state index contributed by atoms with van der Waals surface area (Å²) in [5.74, 6) is 0.501. The number of hydrogen-bond acceptors (Lipinski definition) is 3. The lowest BCUT2D eigenvalue weighted by Gasteiger charge is -2.21. The Labute approximate surface area is 102 Å². The molecule has 0 aliphatic heterocycles. The van der Waals surface area contributed by atoms with Gasteiger partial charge in [0.1, 0.15) is 5.75 Å². The molecule has 0 radical (unpaired) electrons. The Hall–Kier alpha value is -1.71. The van der Waals surface area contributed by atoms with Gasteiger partial charge in [-0.25, -0.2) is 0 Å². The van der Waals surface area contributed by atoms with Gasteiger partial charge in [-0.05, 0) is 38.5 Å². The highest BCUT2D eigenvalue weighted by Gasteiger charge is 2.12. The summed E-state index contributed by atoms with van der Waals surface area (Å²) in [5.41, 5.74) is 7.42. The summed E-state index contributed by atoms with van der Waals surface area (Å²) in [4.78, 5) is 13.3. The average molecular weight is 236 g/mol. The van der Waals surface area contributed by atoms with E-state index >= 15 is 0 Å². The molecule has 2 N–H and O–H groups in total. The van der Waals surface area contributed by atoms with Crippen molar-refractivity contribution in [1.82, 2.24) is 4.90 Å². The van der Waals surface area contributed by atoms with Gasteiger partial charge < -0.3 is 15.4 Å². The highest BCUT2D eigenvalue weighted by molar-refractivity contribution is 5.78. The first-order valence-electron chi connectivity index (χ1n) is 5.66. The topological polar surface area (TPSA) is 55.6 Å². The van der Waals surface area contributed by atoms with Crippen LogP contribution < -0.4 is 10.5 Å². The van der Waals surface area contributed by atoms with E-state index in [1.807, 2.05) is 32.9 Å². The monoisotopic (exact) mass is 236 g/mol. The molecule has 1 rings (SSSR count). The molecule has 0 unspecified atom stereocenters. The van der Waals surface area contributed by atoms with Crippen LogP contribution >= 0.6 is 0 Å². The standard InChI is InChI=1S/C13H20N2O2/c1-9(2)15(4)13(16)8-17-12-6-5-10(3)7-11(12)14/h5-7,9H,8,14H2,1-4H3. The van der Waals surface area contributed by atoms with Gasteiger partial charge in [0.25, 0.3) is 5.91 Å². The second kappa shape index (κ2) is 5.57. The summed E-state index contributed by atoms with van der Waals surface area (Å²) in [6, 6.07) is 5.68. The third-order valence-electron chi connectivity index (χ3n) is 2.68. The van der Waals surface area contributed by atoms with Crippen LogP contribution in [0.1, 0.15) is 19.4 Å². The Balaban J connectivity index is 2.59. The van der Waals surface area contributed by atoms with Crippen molar-refractivity contribution in [1.29, 1.82) is 0 Å². The first-order valence-corrected chi connectivity index (χ1v) is 5.66. The first-order chi connectivity index (χ1) is 7.91. The summed E-state index contributed by atoms with van der Waals surface area (Å²) in [6.07, 6.45) is 0. The molecule has 0 aromatic heterocycles. The van der Waals surface area contributed by atoms with Crippen molar-refractivity contribution in [2.24, 2.45) is 0 Å². The summed E-state index contributed by atoms with van der Waals surface area (Å²) in [5, 5.41) is 0. The lowest BCUT2D eigenvalue weighted by Crippen LogP contribution is -2.36. The maximum Gasteiger partial charge on any atom is 0.260 e. The Morgan fingerprint density at radius 3 is 2.65 bits per heavy atom. The van der Waals surface area contributed by atoms with Gasteiger partial charge in [0.05, 0.1) is 5.69 Å². The zero-order valence-electron chi connectivity index (χ0n) is 10.9. The van der Waals surface area contributed by atoms with Gasteiger partial charge in [-0.1, -0.05) is 6.07 Å². The molecule has 4 nitrogen and oxygen atoms in total. The summed E-state index contributed by atoms with van der Waals surface area (Å²) < 4.78 is 5.41. The largest absolute Gasteiger partial charge is 0.482 e. The van der Waals surface area contributed by atoms with E-state index < -0.39 is 0 Å². The zero-order valence-corrected chi connectivity index (χ0v) is 10.9. The van der Waals surface area contributed by atoms with Crippen LogP contribution in [0.3, 0.4) is 0 Å². The Kier molecular flexibility index (Phi) is 4.37. The van der Waals surface area contributed by atoms with E-state index in [4.69, 9.17) is 10.5 Å². The molecule has 1 aromatic rings. The third-order valence-corrected chi connectivity index (χ3v) is 2.68. The molecule has 1 aromatic carbocycles. The van der Waals surface area contributed by atoms with Crippen LogP contribution in [0.25, 0.3) is 0 Å². The van der Waals surface area contributed by atoms with Crippen LogP contribution in [0.5, 0.6) is 5.75 Å². The molecule has 0 heterocycles. The van der Waals surface area contributed by atoms with Gasteiger partial charge in [-0.3, -0.25) is 4.79 Å². The van der Waals surface area contributed by atoms with E-state index in [-0.39, 0.29) is 18.6 Å². The maximum absolute atomic E-state index is 11.7. The van der Waals surface area contributed by atoms with Crippen LogP contribution in [0.2, 0.25) is 0 Å². The molecule has 17 heavy (non-hydrogen) atoms. The molecule has 0 aliphatic carbocycles. The average Bonchev–Trinajstić information content (AvgIpc) is 2.26. The predicted octanol–water partition coefficient (Wildman–Crippen LogP) is 1.82. The number of nitrogen functional groups attached to an aromatic ring is 1. The van der Waals surface area contributed by atoms with Crippen LogP contribution in [0, 0.1) is 6.92 Å². The van der Waals surface area contributed by atoms with Gasteiger partial charge >= 0.3 is 0 Å². The number of aryl methyl sites for hydroxylation is 1. The molecule has 0 saturated heterocycles. The van der Waals surface area contributed by atoms with E-state index in [1.54, 1.807) is 18.0 Å². The van der Waals surface area contributed by atoms with Crippen LogP contribution in [0.15, 0.2) is 18.2 Å². The smallest absolute Gasteiger partial charge is 0.260 e. The molecule has 4 heteroatoms. The number of benzene rings is 1. The number of hydrogen-bond donors (Lipinski definition) is 1. The molecule has 0 fully saturated rings. The number of nitrogens with two attached hydrogens (primary N) is 1. The van der Waals surface area contributed by atoms with Gasteiger partial charge in [0.2, 0.25) is 0 Å². The number of nitrogens with zero attached hydrogens (tertiary/aromatic N) is 1. The summed E-state index contributed by atoms with van der Waals surface area (Å²) in [6.45, 7) is 5.88. The summed E-state index contributed by atoms with van der Waals surface area (Å²) >= 11 is 0. The SMILES string of the molecule is Cc1ccc(OCC(=O)N(C)C(C)C)c(N)c1. The molecule has 94 valence electrons.